The fourth-order valence-corrected chi connectivity index (χ4v) is 2.09. The van der Waals surface area contributed by atoms with Gasteiger partial charge in [0, 0.05) is 12.6 Å². The molecule has 6 nitrogen and oxygen atoms in total. The van der Waals surface area contributed by atoms with Gasteiger partial charge in [-0.1, -0.05) is 0 Å². The second kappa shape index (κ2) is 2.77. The molecule has 0 aliphatic carbocycles. The third-order valence-electron chi connectivity index (χ3n) is 2.78. The third kappa shape index (κ3) is 1.32. The normalized spacial score (nSPS) is 30.4. The quantitative estimate of drug-likeness (QED) is 0.599. The van der Waals surface area contributed by atoms with Crippen molar-refractivity contribution in [3.05, 3.63) is 0 Å². The lowest BCUT2D eigenvalue weighted by molar-refractivity contribution is 0.128. The highest BCUT2D eigenvalue weighted by molar-refractivity contribution is 5.85. The van der Waals surface area contributed by atoms with Gasteiger partial charge in [0.1, 0.15) is 12.3 Å². The van der Waals surface area contributed by atoms with E-state index in [9.17, 15) is 9.59 Å². The molecular formula is C9H16N4O2. The Kier molecular flexibility index (Phi) is 1.86. The van der Waals surface area contributed by atoms with Crippen molar-refractivity contribution in [3.63, 3.8) is 0 Å². The summed E-state index contributed by atoms with van der Waals surface area (Å²) in [6, 6.07) is -0.288. The highest BCUT2D eigenvalue weighted by atomic mass is 16.2. The van der Waals surface area contributed by atoms with Gasteiger partial charge in [0.15, 0.2) is 0 Å². The van der Waals surface area contributed by atoms with Gasteiger partial charge in [-0.25, -0.2) is 9.59 Å². The summed E-state index contributed by atoms with van der Waals surface area (Å²) in [6.45, 7) is 5.85. The molecule has 2 saturated heterocycles. The number of carbonyl (C=O) groups excluding carboxylic acids is 2. The number of urea groups is 2. The largest absolute Gasteiger partial charge is 0.323 e. The molecule has 2 aliphatic heterocycles. The minimum atomic E-state index is -0.302. The average Bonchev–Trinajstić information content (AvgIpc) is 2.51. The molecule has 2 heterocycles. The molecular weight excluding hydrogens is 196 g/mol. The van der Waals surface area contributed by atoms with Crippen molar-refractivity contribution in [2.45, 2.75) is 38.6 Å². The molecule has 0 radical (unpaired) electrons. The van der Waals surface area contributed by atoms with Crippen LogP contribution in [0.3, 0.4) is 0 Å². The van der Waals surface area contributed by atoms with Crippen LogP contribution >= 0.6 is 0 Å². The summed E-state index contributed by atoms with van der Waals surface area (Å²) < 4.78 is 0. The summed E-state index contributed by atoms with van der Waals surface area (Å²) in [6.07, 6.45) is -0.528. The molecule has 0 spiro atoms. The molecule has 0 aromatic rings. The first-order chi connectivity index (χ1) is 6.82. The Hall–Kier alpha value is -1.46. The van der Waals surface area contributed by atoms with E-state index in [0.717, 1.165) is 0 Å². The Morgan fingerprint density at radius 3 is 2.20 bits per heavy atom. The van der Waals surface area contributed by atoms with Crippen LogP contribution in [0.2, 0.25) is 0 Å². The predicted octanol–water partition coefficient (Wildman–Crippen LogP) is 0.117. The standard InChI is InChI=1S/C9H16N4O2/c1-9(2,3)13-6-5(10-7(14)11-6)12(4)8(13)15/h5-6H,1-4H3,(H2,10,11,14)/t5-,6-/m0/s1. The van der Waals surface area contributed by atoms with Gasteiger partial charge >= 0.3 is 12.1 Å². The monoisotopic (exact) mass is 212 g/mol. The smallest absolute Gasteiger partial charge is 0.314 e. The van der Waals surface area contributed by atoms with E-state index in [2.05, 4.69) is 10.6 Å². The lowest BCUT2D eigenvalue weighted by Crippen LogP contribution is -2.52. The van der Waals surface area contributed by atoms with Gasteiger partial charge in [-0.15, -0.1) is 0 Å². The zero-order valence-corrected chi connectivity index (χ0v) is 9.37. The maximum Gasteiger partial charge on any atom is 0.323 e. The van der Waals surface area contributed by atoms with Crippen LogP contribution < -0.4 is 10.6 Å². The van der Waals surface area contributed by atoms with Crippen molar-refractivity contribution in [1.29, 1.82) is 0 Å². The molecule has 2 fully saturated rings. The van der Waals surface area contributed by atoms with Crippen molar-refractivity contribution >= 4 is 12.1 Å². The fraction of sp³-hybridized carbons (Fsp3) is 0.778. The van der Waals surface area contributed by atoms with Crippen LogP contribution in [0, 0.1) is 0 Å². The Morgan fingerprint density at radius 1 is 1.13 bits per heavy atom. The number of nitrogens with zero attached hydrogens (tertiary/aromatic N) is 2. The van der Waals surface area contributed by atoms with Crippen molar-refractivity contribution < 1.29 is 9.59 Å². The molecule has 0 bridgehead atoms. The van der Waals surface area contributed by atoms with Gasteiger partial charge in [-0.3, -0.25) is 4.90 Å². The van der Waals surface area contributed by atoms with Gasteiger partial charge in [-0.2, -0.15) is 0 Å². The number of nitrogens with one attached hydrogen (secondary N) is 2. The molecule has 0 aromatic carbocycles. The van der Waals surface area contributed by atoms with Crippen molar-refractivity contribution in [2.24, 2.45) is 0 Å². The van der Waals surface area contributed by atoms with E-state index in [-0.39, 0.29) is 29.9 Å². The zero-order chi connectivity index (χ0) is 11.4. The molecule has 2 rings (SSSR count). The van der Waals surface area contributed by atoms with Crippen LogP contribution in [0.5, 0.6) is 0 Å². The maximum absolute atomic E-state index is 11.9. The Morgan fingerprint density at radius 2 is 1.67 bits per heavy atom. The van der Waals surface area contributed by atoms with E-state index < -0.39 is 0 Å². The Bertz CT molecular complexity index is 323. The third-order valence-corrected chi connectivity index (χ3v) is 2.78. The van der Waals surface area contributed by atoms with Crippen LogP contribution in [0.25, 0.3) is 0 Å². The molecule has 2 atom stereocenters. The highest BCUT2D eigenvalue weighted by Crippen LogP contribution is 2.28. The van der Waals surface area contributed by atoms with Gasteiger partial charge in [0.25, 0.3) is 0 Å². The number of hydrogen-bond acceptors (Lipinski definition) is 2. The number of amides is 4. The SMILES string of the molecule is CN1C(=O)N(C(C)(C)C)[C@@H]2NC(=O)N[C@H]21. The lowest BCUT2D eigenvalue weighted by atomic mass is 10.1. The average molecular weight is 212 g/mol. The number of likely N-dealkylation sites (N-methyl/N-ethyl adjacent to an activating group) is 1. The molecule has 15 heavy (non-hydrogen) atoms. The molecule has 2 aliphatic rings. The molecule has 2 N–H and O–H groups in total. The van der Waals surface area contributed by atoms with Crippen LogP contribution in [-0.4, -0.2) is 46.8 Å². The maximum atomic E-state index is 11.9. The highest BCUT2D eigenvalue weighted by Gasteiger charge is 2.52. The van der Waals surface area contributed by atoms with Gasteiger partial charge < -0.3 is 15.5 Å². The Labute approximate surface area is 88.6 Å². The number of hydrogen-bond donors (Lipinski definition) is 2. The van der Waals surface area contributed by atoms with Crippen molar-refractivity contribution in [1.82, 2.24) is 20.4 Å². The van der Waals surface area contributed by atoms with E-state index in [4.69, 9.17) is 0 Å². The zero-order valence-electron chi connectivity index (χ0n) is 9.37. The van der Waals surface area contributed by atoms with Crippen LogP contribution in [0.4, 0.5) is 9.59 Å². The minimum absolute atomic E-state index is 0.0648. The van der Waals surface area contributed by atoms with E-state index in [1.807, 2.05) is 20.8 Å². The summed E-state index contributed by atoms with van der Waals surface area (Å²) in [5.74, 6) is 0. The number of carbonyl (C=O) groups is 2. The summed E-state index contributed by atoms with van der Waals surface area (Å²) >= 11 is 0. The summed E-state index contributed by atoms with van der Waals surface area (Å²) in [7, 11) is 1.69. The van der Waals surface area contributed by atoms with E-state index in [1.165, 1.54) is 0 Å². The first-order valence-corrected chi connectivity index (χ1v) is 4.95. The predicted molar refractivity (Wildman–Crippen MR) is 54.0 cm³/mol. The molecule has 84 valence electrons. The van der Waals surface area contributed by atoms with E-state index >= 15 is 0 Å². The van der Waals surface area contributed by atoms with Crippen LogP contribution in [0.15, 0.2) is 0 Å². The fourth-order valence-electron chi connectivity index (χ4n) is 2.09. The van der Waals surface area contributed by atoms with E-state index in [0.29, 0.717) is 0 Å². The van der Waals surface area contributed by atoms with Crippen molar-refractivity contribution in [2.75, 3.05) is 7.05 Å². The molecule has 0 saturated carbocycles. The van der Waals surface area contributed by atoms with Crippen LogP contribution in [-0.2, 0) is 0 Å². The van der Waals surface area contributed by atoms with Crippen LogP contribution in [0.1, 0.15) is 20.8 Å². The number of rotatable bonds is 0. The summed E-state index contributed by atoms with van der Waals surface area (Å²) in [5, 5.41) is 5.46. The number of fused-ring (bicyclic) bond motifs is 1. The summed E-state index contributed by atoms with van der Waals surface area (Å²) in [4.78, 5) is 26.4. The summed E-state index contributed by atoms with van der Waals surface area (Å²) in [5.41, 5.74) is -0.302. The molecule has 4 amide bonds. The first-order valence-electron chi connectivity index (χ1n) is 4.95. The molecule has 6 heteroatoms. The Balaban J connectivity index is 2.32. The molecule has 0 unspecified atom stereocenters. The van der Waals surface area contributed by atoms with E-state index in [1.54, 1.807) is 16.8 Å². The van der Waals surface area contributed by atoms with Crippen molar-refractivity contribution in [3.8, 4) is 0 Å². The lowest BCUT2D eigenvalue weighted by Gasteiger charge is -2.34. The van der Waals surface area contributed by atoms with Gasteiger partial charge in [-0.05, 0) is 20.8 Å². The topological polar surface area (TPSA) is 64.7 Å². The molecule has 0 aromatic heterocycles. The minimum Gasteiger partial charge on any atom is -0.314 e. The first kappa shape index (κ1) is 10.1. The van der Waals surface area contributed by atoms with Gasteiger partial charge in [0.2, 0.25) is 0 Å². The van der Waals surface area contributed by atoms with Gasteiger partial charge in [0.05, 0.1) is 0 Å². The second-order valence-electron chi connectivity index (χ2n) is 4.94. The second-order valence-corrected chi connectivity index (χ2v) is 4.94.